The quantitative estimate of drug-likeness (QED) is 0.0700. The number of ether oxygens (including phenoxy) is 8. The molecule has 8 rings (SSSR count). The Morgan fingerprint density at radius 2 is 1.15 bits per heavy atom. The van der Waals surface area contributed by atoms with E-state index < -0.39 is 177 Å². The van der Waals surface area contributed by atoms with Gasteiger partial charge in [-0.2, -0.15) is 0 Å². The van der Waals surface area contributed by atoms with Crippen LogP contribution >= 0.6 is 0 Å². The predicted octanol–water partition coefficient (Wildman–Crippen LogP) is -1.42. The van der Waals surface area contributed by atoms with Crippen LogP contribution in [0.2, 0.25) is 0 Å². The molecule has 0 aromatic heterocycles. The van der Waals surface area contributed by atoms with Crippen LogP contribution in [0.15, 0.2) is 11.6 Å². The lowest BCUT2D eigenvalue weighted by atomic mass is 9.37. The summed E-state index contributed by atoms with van der Waals surface area (Å²) < 4.78 is 48.1. The predicted molar refractivity (Wildman–Crippen MR) is 275 cm³/mol. The van der Waals surface area contributed by atoms with E-state index in [9.17, 15) is 76.6 Å². The highest BCUT2D eigenvalue weighted by atomic mass is 16.8. The maximum absolute atomic E-state index is 12.9. The maximum atomic E-state index is 12.9. The molecule has 7 fully saturated rings. The lowest BCUT2D eigenvalue weighted by Crippen LogP contribution is -2.66. The Bertz CT molecular complexity index is 2040. The van der Waals surface area contributed by atoms with E-state index in [2.05, 4.69) is 47.6 Å². The van der Waals surface area contributed by atoms with E-state index in [4.69, 9.17) is 37.9 Å². The molecule has 0 radical (unpaired) electrons. The van der Waals surface area contributed by atoms with Crippen molar-refractivity contribution in [2.75, 3.05) is 19.8 Å². The fourth-order valence-corrected chi connectivity index (χ4v) is 16.5. The molecule has 8 aliphatic rings. The van der Waals surface area contributed by atoms with Gasteiger partial charge in [0.25, 0.3) is 0 Å². The number of fused-ring (bicyclic) bond motifs is 5. The van der Waals surface area contributed by atoms with Crippen molar-refractivity contribution in [3.8, 4) is 0 Å². The summed E-state index contributed by atoms with van der Waals surface area (Å²) in [5.41, 5.74) is -1.90. The van der Waals surface area contributed by atoms with Gasteiger partial charge in [0.1, 0.15) is 91.6 Å². The van der Waals surface area contributed by atoms with E-state index in [1.54, 1.807) is 20.8 Å². The van der Waals surface area contributed by atoms with Crippen LogP contribution in [0.3, 0.4) is 0 Å². The zero-order valence-electron chi connectivity index (χ0n) is 47.3. The van der Waals surface area contributed by atoms with Crippen molar-refractivity contribution in [1.82, 2.24) is 0 Å². The van der Waals surface area contributed by atoms with Crippen molar-refractivity contribution in [1.29, 1.82) is 0 Å². The van der Waals surface area contributed by atoms with Gasteiger partial charge in [0.15, 0.2) is 25.2 Å². The van der Waals surface area contributed by atoms with Crippen LogP contribution in [0.1, 0.15) is 127 Å². The molecule has 4 saturated heterocycles. The molecule has 15 N–H and O–H groups in total. The standard InChI is InChI=1S/C56H96O23/c1-10-25(12-16-35(53(6,7)71)77-51-47(41(66)36(61)24(3)72-51)79-50-44(69)40(65)38(63)30(22-58)74-50)26-18-19-56(11-2)32-15-13-27-28(55(32,9)33(60)20-54(26,56)8)14-17-34(52(27,4)5)76-48-45(70)42(67)46(31(23-59)75-48)78-49-43(68)39(64)37(62)29(21-57)73-49/h13,24-26,28-51,57-71H,10-12,14-23H2,1-9H3/t24-,25-,26?,28?,29-,30+,31-,32?,33-,34+,35-,36-,37-,38+,39+,40-,41+,42-,43-,44+,45-,46-,47-,48+,49+,50-,51+,54-,55+,56+/m1/s1. The fraction of sp³-hybridized carbons (Fsp3) is 0.964. The first-order chi connectivity index (χ1) is 37.0. The van der Waals surface area contributed by atoms with Gasteiger partial charge in [-0.25, -0.2) is 0 Å². The van der Waals surface area contributed by atoms with Crippen LogP contribution in [0.5, 0.6) is 0 Å². The van der Waals surface area contributed by atoms with Crippen LogP contribution in [-0.4, -0.2) is 243 Å². The van der Waals surface area contributed by atoms with Crippen molar-refractivity contribution >= 4 is 0 Å². The minimum atomic E-state index is -1.81. The molecule has 0 aromatic carbocycles. The number of rotatable bonds is 18. The van der Waals surface area contributed by atoms with Gasteiger partial charge in [-0.05, 0) is 113 Å². The molecule has 0 spiro atoms. The summed E-state index contributed by atoms with van der Waals surface area (Å²) in [6.45, 7) is 15.9. The number of aliphatic hydroxyl groups excluding tert-OH is 14. The summed E-state index contributed by atoms with van der Waals surface area (Å²) >= 11 is 0. The van der Waals surface area contributed by atoms with Crippen molar-refractivity contribution in [2.45, 2.75) is 273 Å². The molecule has 4 heterocycles. The van der Waals surface area contributed by atoms with Crippen LogP contribution in [-0.2, 0) is 37.9 Å². The first-order valence-electron chi connectivity index (χ1n) is 29.0. The monoisotopic (exact) mass is 1140 g/mol. The van der Waals surface area contributed by atoms with Gasteiger partial charge < -0.3 is 114 Å². The molecule has 0 aromatic rings. The third-order valence-electron chi connectivity index (χ3n) is 21.4. The third-order valence-corrected chi connectivity index (χ3v) is 21.4. The molecule has 4 aliphatic heterocycles. The largest absolute Gasteiger partial charge is 0.394 e. The summed E-state index contributed by atoms with van der Waals surface area (Å²) in [6.07, 6.45) is -23.6. The Hall–Kier alpha value is -1.18. The Kier molecular flexibility index (Phi) is 19.6. The van der Waals surface area contributed by atoms with E-state index >= 15 is 0 Å². The van der Waals surface area contributed by atoms with E-state index in [0.717, 1.165) is 31.3 Å². The van der Waals surface area contributed by atoms with Gasteiger partial charge in [0.05, 0.1) is 49.8 Å². The van der Waals surface area contributed by atoms with Crippen molar-refractivity contribution in [3.05, 3.63) is 11.6 Å². The van der Waals surface area contributed by atoms with E-state index in [1.165, 1.54) is 0 Å². The highest BCUT2D eigenvalue weighted by Gasteiger charge is 2.71. The normalized spacial score (nSPS) is 50.9. The molecule has 23 nitrogen and oxygen atoms in total. The molecule has 0 bridgehead atoms. The molecule has 0 amide bonds. The van der Waals surface area contributed by atoms with Gasteiger partial charge in [-0.1, -0.05) is 59.6 Å². The second kappa shape index (κ2) is 24.3. The molecular weight excluding hydrogens is 1040 g/mol. The van der Waals surface area contributed by atoms with Gasteiger partial charge in [-0.15, -0.1) is 0 Å². The lowest BCUT2D eigenvalue weighted by molar-refractivity contribution is -0.373. The highest BCUT2D eigenvalue weighted by Crippen LogP contribution is 2.76. The van der Waals surface area contributed by atoms with Gasteiger partial charge in [0.2, 0.25) is 0 Å². The summed E-state index contributed by atoms with van der Waals surface area (Å²) in [5, 5.41) is 162. The third kappa shape index (κ3) is 11.1. The van der Waals surface area contributed by atoms with Gasteiger partial charge in [0, 0.05) is 10.8 Å². The molecule has 23 heteroatoms. The van der Waals surface area contributed by atoms with Crippen LogP contribution in [0, 0.1) is 45.3 Å². The van der Waals surface area contributed by atoms with Gasteiger partial charge in [-0.3, -0.25) is 0 Å². The second-order valence-electron chi connectivity index (χ2n) is 26.1. The number of hydrogen-bond acceptors (Lipinski definition) is 23. The van der Waals surface area contributed by atoms with Crippen molar-refractivity contribution in [3.63, 3.8) is 0 Å². The summed E-state index contributed by atoms with van der Waals surface area (Å²) in [5.74, 6) is 0.433. The minimum Gasteiger partial charge on any atom is -0.394 e. The smallest absolute Gasteiger partial charge is 0.187 e. The molecular formula is C56H96O23. The minimum absolute atomic E-state index is 0.0167. The van der Waals surface area contributed by atoms with E-state index in [0.29, 0.717) is 38.5 Å². The lowest BCUT2D eigenvalue weighted by Gasteiger charge is -2.68. The Labute approximate surface area is 463 Å². The average Bonchev–Trinajstić information content (AvgIpc) is 3.72. The molecule has 3 unspecified atom stereocenters. The summed E-state index contributed by atoms with van der Waals surface area (Å²) in [4.78, 5) is 0. The van der Waals surface area contributed by atoms with Crippen LogP contribution < -0.4 is 0 Å². The topological polar surface area (TPSA) is 377 Å². The highest BCUT2D eigenvalue weighted by molar-refractivity contribution is 5.32. The average molecular weight is 1140 g/mol. The Morgan fingerprint density at radius 3 is 1.70 bits per heavy atom. The number of aliphatic hydroxyl groups is 15. The first-order valence-corrected chi connectivity index (χ1v) is 29.0. The second-order valence-corrected chi connectivity index (χ2v) is 26.1. The van der Waals surface area contributed by atoms with E-state index in [-0.39, 0.29) is 34.5 Å². The molecule has 30 atom stereocenters. The zero-order valence-corrected chi connectivity index (χ0v) is 47.3. The fourth-order valence-electron chi connectivity index (χ4n) is 16.5. The molecule has 4 aliphatic carbocycles. The van der Waals surface area contributed by atoms with Crippen LogP contribution in [0.4, 0.5) is 0 Å². The zero-order chi connectivity index (χ0) is 58.2. The van der Waals surface area contributed by atoms with Crippen LogP contribution in [0.25, 0.3) is 0 Å². The van der Waals surface area contributed by atoms with Crippen molar-refractivity contribution < 1.29 is 114 Å². The Morgan fingerprint density at radius 1 is 0.620 bits per heavy atom. The molecule has 458 valence electrons. The first kappa shape index (κ1) is 63.8. The summed E-state index contributed by atoms with van der Waals surface area (Å²) in [7, 11) is 0. The van der Waals surface area contributed by atoms with Crippen molar-refractivity contribution in [2.24, 2.45) is 45.3 Å². The molecule has 3 saturated carbocycles. The number of hydrogen-bond donors (Lipinski definition) is 15. The van der Waals surface area contributed by atoms with E-state index in [1.807, 2.05) is 0 Å². The SMILES string of the molecule is CC[C@H](CC[C@@H](O[C@@H]1O[C@H](C)[C@@H](O)[C@H](O)[C@H]1O[C@H]1O[C@@H](CO)[C@H](O)[C@@H](O)[C@@H]1O)C(C)(C)O)C1CC[C@@]2(CC)C3CC=C4C(CC[C@H](O[C@@H]5O[C@H](CO)[C@@H](O[C@@H]6O[C@H](CO)[C@@H](O)[C@H](O)[C@H]6O)[C@H](O)[C@H]5O)C4(C)C)[C@]3(C)[C@H](O)C[C@]12C. The molecule has 79 heavy (non-hydrogen) atoms. The summed E-state index contributed by atoms with van der Waals surface area (Å²) in [6, 6.07) is 0. The maximum Gasteiger partial charge on any atom is 0.187 e. The van der Waals surface area contributed by atoms with Gasteiger partial charge >= 0.3 is 0 Å². The Balaban J connectivity index is 0.964. The number of allylic oxidation sites excluding steroid dienone is 1.